The van der Waals surface area contributed by atoms with Crippen LogP contribution in [0.1, 0.15) is 22.8 Å². The van der Waals surface area contributed by atoms with Crippen LogP contribution < -0.4 is 4.80 Å². The van der Waals surface area contributed by atoms with Gasteiger partial charge in [-0.2, -0.15) is 4.99 Å². The summed E-state index contributed by atoms with van der Waals surface area (Å²) in [6, 6.07) is 16.9. The molecule has 1 amide bonds. The Labute approximate surface area is 182 Å². The molecule has 7 heteroatoms. The van der Waals surface area contributed by atoms with Gasteiger partial charge in [-0.15, -0.1) is 0 Å². The van der Waals surface area contributed by atoms with E-state index in [1.54, 1.807) is 23.6 Å². The third-order valence-corrected chi connectivity index (χ3v) is 6.29. The van der Waals surface area contributed by atoms with Gasteiger partial charge in [0.2, 0.25) is 0 Å². The molecule has 4 aromatic rings. The number of rotatable bonds is 4. The summed E-state index contributed by atoms with van der Waals surface area (Å²) in [5.41, 5.74) is 2.13. The zero-order valence-electron chi connectivity index (χ0n) is 16.5. The maximum atomic E-state index is 13.1. The maximum Gasteiger partial charge on any atom is 0.326 e. The third kappa shape index (κ3) is 3.76. The molecule has 0 N–H and O–H groups in total. The number of benzene rings is 3. The molecule has 0 atom stereocenters. The van der Waals surface area contributed by atoms with Gasteiger partial charge in [0.1, 0.15) is 6.54 Å². The summed E-state index contributed by atoms with van der Waals surface area (Å²) >= 11 is 7.66. The van der Waals surface area contributed by atoms with Gasteiger partial charge in [0.05, 0.1) is 16.8 Å². The fraction of sp³-hybridized carbons (Fsp3) is 0.174. The van der Waals surface area contributed by atoms with Crippen LogP contribution in [0.15, 0.2) is 59.6 Å². The van der Waals surface area contributed by atoms with E-state index in [4.69, 9.17) is 16.3 Å². The first-order chi connectivity index (χ1) is 14.5. The lowest BCUT2D eigenvalue weighted by Crippen LogP contribution is -2.23. The minimum absolute atomic E-state index is 0.0450. The molecule has 0 aliphatic carbocycles. The van der Waals surface area contributed by atoms with Crippen molar-refractivity contribution < 1.29 is 14.3 Å². The monoisotopic (exact) mass is 438 g/mol. The highest BCUT2D eigenvalue weighted by Crippen LogP contribution is 2.27. The number of hydrogen-bond donors (Lipinski definition) is 0. The van der Waals surface area contributed by atoms with E-state index in [2.05, 4.69) is 4.99 Å². The van der Waals surface area contributed by atoms with Gasteiger partial charge in [0, 0.05) is 10.6 Å². The van der Waals surface area contributed by atoms with Crippen LogP contribution >= 0.6 is 22.9 Å². The summed E-state index contributed by atoms with van der Waals surface area (Å²) < 4.78 is 7.73. The lowest BCUT2D eigenvalue weighted by Gasteiger charge is -2.08. The van der Waals surface area contributed by atoms with Crippen molar-refractivity contribution in [2.45, 2.75) is 20.4 Å². The third-order valence-electron chi connectivity index (χ3n) is 4.84. The highest BCUT2D eigenvalue weighted by molar-refractivity contribution is 7.16. The molecule has 0 saturated heterocycles. The number of nitrogens with zero attached hydrogens (tertiary/aromatic N) is 2. The van der Waals surface area contributed by atoms with Crippen LogP contribution in [0.25, 0.3) is 21.0 Å². The van der Waals surface area contributed by atoms with Gasteiger partial charge in [0.15, 0.2) is 4.80 Å². The lowest BCUT2D eigenvalue weighted by atomic mass is 10.0. The van der Waals surface area contributed by atoms with Gasteiger partial charge in [-0.25, -0.2) is 0 Å². The molecule has 152 valence electrons. The Balaban J connectivity index is 1.90. The number of thiazole rings is 1. The zero-order valence-corrected chi connectivity index (χ0v) is 18.1. The Morgan fingerprint density at radius 3 is 2.67 bits per heavy atom. The molecular formula is C23H19ClN2O3S. The second kappa shape index (κ2) is 8.42. The van der Waals surface area contributed by atoms with Gasteiger partial charge in [-0.05, 0) is 48.4 Å². The van der Waals surface area contributed by atoms with Gasteiger partial charge in [-0.3, -0.25) is 9.59 Å². The van der Waals surface area contributed by atoms with Crippen molar-refractivity contribution in [2.75, 3.05) is 6.61 Å². The second-order valence-corrected chi connectivity index (χ2v) is 8.15. The summed E-state index contributed by atoms with van der Waals surface area (Å²) in [6.45, 7) is 3.88. The van der Waals surface area contributed by atoms with E-state index in [0.717, 1.165) is 26.6 Å². The first kappa shape index (κ1) is 20.3. The van der Waals surface area contributed by atoms with E-state index in [9.17, 15) is 9.59 Å². The van der Waals surface area contributed by atoms with Gasteiger partial charge >= 0.3 is 5.97 Å². The van der Waals surface area contributed by atoms with Crippen molar-refractivity contribution >= 4 is 55.8 Å². The number of ether oxygens (including phenoxy) is 1. The van der Waals surface area contributed by atoms with E-state index in [1.165, 1.54) is 11.3 Å². The van der Waals surface area contributed by atoms with Crippen LogP contribution in [0.3, 0.4) is 0 Å². The van der Waals surface area contributed by atoms with Gasteiger partial charge in [-0.1, -0.05) is 59.3 Å². The summed E-state index contributed by atoms with van der Waals surface area (Å²) in [6.07, 6.45) is 0. The minimum atomic E-state index is -0.393. The topological polar surface area (TPSA) is 60.7 Å². The molecule has 1 heterocycles. The van der Waals surface area contributed by atoms with Gasteiger partial charge in [0.25, 0.3) is 5.91 Å². The molecule has 3 aromatic carbocycles. The van der Waals surface area contributed by atoms with E-state index in [1.807, 2.05) is 49.4 Å². The highest BCUT2D eigenvalue weighted by atomic mass is 35.5. The Morgan fingerprint density at radius 2 is 1.87 bits per heavy atom. The van der Waals surface area contributed by atoms with E-state index in [0.29, 0.717) is 15.4 Å². The fourth-order valence-electron chi connectivity index (χ4n) is 3.44. The molecule has 0 radical (unpaired) electrons. The number of hydrogen-bond acceptors (Lipinski definition) is 4. The van der Waals surface area contributed by atoms with E-state index >= 15 is 0 Å². The number of fused-ring (bicyclic) bond motifs is 2. The molecule has 0 bridgehead atoms. The maximum absolute atomic E-state index is 13.1. The fourth-order valence-corrected chi connectivity index (χ4v) is 4.68. The molecule has 0 aliphatic heterocycles. The van der Waals surface area contributed by atoms with Crippen molar-refractivity contribution in [3.05, 3.63) is 75.5 Å². The first-order valence-electron chi connectivity index (χ1n) is 9.50. The molecule has 1 aromatic heterocycles. The SMILES string of the molecule is CCOC(=O)Cn1c(=NC(=O)c2cccc3ccccc23)sc2ccc(Cl)c(C)c21. The van der Waals surface area contributed by atoms with Crippen LogP contribution in [-0.2, 0) is 16.1 Å². The van der Waals surface area contributed by atoms with Crippen molar-refractivity contribution in [3.8, 4) is 0 Å². The number of carbonyl (C=O) groups is 2. The average Bonchev–Trinajstić information content (AvgIpc) is 3.08. The highest BCUT2D eigenvalue weighted by Gasteiger charge is 2.16. The predicted octanol–water partition coefficient (Wildman–Crippen LogP) is 5.12. The Morgan fingerprint density at radius 1 is 1.10 bits per heavy atom. The van der Waals surface area contributed by atoms with Crippen LogP contribution in [-0.4, -0.2) is 23.1 Å². The molecule has 0 aliphatic rings. The summed E-state index contributed by atoms with van der Waals surface area (Å²) in [5.74, 6) is -0.754. The Hall–Kier alpha value is -2.96. The molecule has 0 spiro atoms. The molecule has 4 rings (SSSR count). The van der Waals surface area contributed by atoms with Crippen LogP contribution in [0, 0.1) is 6.92 Å². The number of carbonyl (C=O) groups excluding carboxylic acids is 2. The summed E-state index contributed by atoms with van der Waals surface area (Å²) in [5, 5.41) is 2.40. The van der Waals surface area contributed by atoms with E-state index < -0.39 is 5.97 Å². The van der Waals surface area contributed by atoms with Crippen molar-refractivity contribution in [1.82, 2.24) is 4.57 Å². The lowest BCUT2D eigenvalue weighted by molar-refractivity contribution is -0.143. The number of aromatic nitrogens is 1. The van der Waals surface area contributed by atoms with Crippen molar-refractivity contribution in [3.63, 3.8) is 0 Å². The first-order valence-corrected chi connectivity index (χ1v) is 10.7. The van der Waals surface area contributed by atoms with E-state index in [-0.39, 0.29) is 19.1 Å². The Kier molecular flexibility index (Phi) is 5.70. The minimum Gasteiger partial charge on any atom is -0.465 e. The molecule has 0 saturated carbocycles. The normalized spacial score (nSPS) is 11.9. The van der Waals surface area contributed by atoms with Crippen molar-refractivity contribution in [1.29, 1.82) is 0 Å². The second-order valence-electron chi connectivity index (χ2n) is 6.74. The molecular weight excluding hydrogens is 420 g/mol. The molecule has 0 fully saturated rings. The van der Waals surface area contributed by atoms with Crippen molar-refractivity contribution in [2.24, 2.45) is 4.99 Å². The number of amides is 1. The average molecular weight is 439 g/mol. The Bertz CT molecular complexity index is 1350. The number of halogens is 1. The standard InChI is InChI=1S/C23H19ClN2O3S/c1-3-29-20(27)13-26-21-14(2)18(24)11-12-19(21)30-23(26)25-22(28)17-10-6-8-15-7-4-5-9-16(15)17/h4-12H,3,13H2,1-2H3. The molecule has 30 heavy (non-hydrogen) atoms. The van der Waals surface area contributed by atoms with Crippen LogP contribution in [0.5, 0.6) is 0 Å². The largest absolute Gasteiger partial charge is 0.465 e. The predicted molar refractivity (Wildman–Crippen MR) is 120 cm³/mol. The summed E-state index contributed by atoms with van der Waals surface area (Å²) in [4.78, 5) is 30.2. The molecule has 5 nitrogen and oxygen atoms in total. The number of esters is 1. The zero-order chi connectivity index (χ0) is 21.3. The molecule has 0 unspecified atom stereocenters. The number of aryl methyl sites for hydroxylation is 1. The van der Waals surface area contributed by atoms with Crippen LogP contribution in [0.4, 0.5) is 0 Å². The smallest absolute Gasteiger partial charge is 0.326 e. The summed E-state index contributed by atoms with van der Waals surface area (Å²) in [7, 11) is 0. The van der Waals surface area contributed by atoms with Gasteiger partial charge < -0.3 is 9.30 Å². The quantitative estimate of drug-likeness (QED) is 0.415. The van der Waals surface area contributed by atoms with Crippen LogP contribution in [0.2, 0.25) is 5.02 Å².